The van der Waals surface area contributed by atoms with Crippen molar-refractivity contribution in [3.63, 3.8) is 0 Å². The van der Waals surface area contributed by atoms with Crippen molar-refractivity contribution in [2.24, 2.45) is 4.40 Å². The first-order valence-corrected chi connectivity index (χ1v) is 14.1. The number of thiazole rings is 1. The summed E-state index contributed by atoms with van der Waals surface area (Å²) in [4.78, 5) is 28.4. The first kappa shape index (κ1) is 25.4. The molecule has 3 aliphatic carbocycles. The summed E-state index contributed by atoms with van der Waals surface area (Å²) in [6.45, 7) is 3.63. The van der Waals surface area contributed by atoms with E-state index in [0.717, 1.165) is 35.6 Å². The lowest BCUT2D eigenvalue weighted by atomic mass is 9.86. The Labute approximate surface area is 208 Å². The van der Waals surface area contributed by atoms with Crippen LogP contribution in [-0.2, 0) is 14.8 Å². The van der Waals surface area contributed by atoms with E-state index in [1.807, 2.05) is 13.8 Å². The number of sulfonamides is 1. The lowest BCUT2D eigenvalue weighted by molar-refractivity contribution is 0.109. The van der Waals surface area contributed by atoms with Crippen LogP contribution in [0.25, 0.3) is 5.57 Å². The number of carbonyl (C=O) groups excluding carboxylic acids is 1. The highest BCUT2D eigenvalue weighted by molar-refractivity contribution is 7.91. The molecule has 0 aliphatic heterocycles. The van der Waals surface area contributed by atoms with Gasteiger partial charge in [-0.15, -0.1) is 11.3 Å². The molecule has 1 heterocycles. The van der Waals surface area contributed by atoms with Crippen molar-refractivity contribution >= 4 is 44.8 Å². The van der Waals surface area contributed by atoms with E-state index in [1.54, 1.807) is 18.3 Å². The molecule has 3 N–H and O–H groups in total. The first-order chi connectivity index (χ1) is 16.6. The highest BCUT2D eigenvalue weighted by Crippen LogP contribution is 2.38. The summed E-state index contributed by atoms with van der Waals surface area (Å²) >= 11 is 1.51. The zero-order valence-corrected chi connectivity index (χ0v) is 21.3. The molecule has 2 saturated carbocycles. The minimum absolute atomic E-state index is 0.0784. The average molecular weight is 523 g/mol. The molecule has 190 valence electrons. The van der Waals surface area contributed by atoms with Gasteiger partial charge in [-0.1, -0.05) is 0 Å². The second kappa shape index (κ2) is 10.5. The number of hydrogen-bond acceptors (Lipinski definition) is 7. The van der Waals surface area contributed by atoms with Crippen molar-refractivity contribution in [2.75, 3.05) is 0 Å². The summed E-state index contributed by atoms with van der Waals surface area (Å²) < 4.78 is 34.4. The monoisotopic (exact) mass is 522 g/mol. The molecule has 12 heteroatoms. The minimum atomic E-state index is -3.63. The standard InChI is InChI=1S/C23H30N4O6S2/c1-13(2)33-23(30)26-15-5-3-14(4-6-15)21-24-12-20(34-21)18-10-7-16(25-22(28)29)11-19(18)27-35(31,32)17-8-9-17/h7,10,12-15,17,25H,3-6,8-9,11H2,1-2H3,(H,26,30)(H,28,29). The smallest absolute Gasteiger partial charge is 0.408 e. The largest absolute Gasteiger partial charge is 0.465 e. The second-order valence-corrected chi connectivity index (χ2v) is 12.3. The maximum absolute atomic E-state index is 12.6. The third kappa shape index (κ3) is 6.69. The van der Waals surface area contributed by atoms with Crippen LogP contribution < -0.4 is 10.6 Å². The van der Waals surface area contributed by atoms with Gasteiger partial charge < -0.3 is 15.2 Å². The van der Waals surface area contributed by atoms with Crippen LogP contribution in [0.4, 0.5) is 9.59 Å². The van der Waals surface area contributed by atoms with Gasteiger partial charge in [-0.25, -0.2) is 23.0 Å². The molecule has 0 radical (unpaired) electrons. The molecule has 10 nitrogen and oxygen atoms in total. The Morgan fingerprint density at radius 1 is 1.17 bits per heavy atom. The summed E-state index contributed by atoms with van der Waals surface area (Å²) in [6.07, 6.45) is 8.02. The molecule has 2 fully saturated rings. The normalized spacial score (nSPS) is 24.0. The number of nitrogens with one attached hydrogen (secondary N) is 2. The Morgan fingerprint density at radius 2 is 1.89 bits per heavy atom. The van der Waals surface area contributed by atoms with E-state index in [4.69, 9.17) is 9.84 Å². The van der Waals surface area contributed by atoms with E-state index in [-0.39, 0.29) is 30.6 Å². The molecule has 0 aromatic carbocycles. The topological polar surface area (TPSA) is 147 Å². The SMILES string of the molecule is CC(C)OC(=O)NC1CCC(c2ncc(C3=CC=C(NC(=O)O)CC3=NS(=O)(=O)C3CC3)s2)CC1. The Bertz CT molecular complexity index is 1170. The van der Waals surface area contributed by atoms with Crippen molar-refractivity contribution in [1.82, 2.24) is 15.6 Å². The molecule has 3 aliphatic rings. The number of alkyl carbamates (subject to hydrolysis) is 1. The molecular formula is C23H30N4O6S2. The average Bonchev–Trinajstić information content (AvgIpc) is 3.53. The number of carboxylic acid groups (broad SMARTS) is 1. The third-order valence-electron chi connectivity index (χ3n) is 6.10. The van der Waals surface area contributed by atoms with E-state index in [9.17, 15) is 18.0 Å². The van der Waals surface area contributed by atoms with Crippen LogP contribution in [-0.4, -0.2) is 53.8 Å². The van der Waals surface area contributed by atoms with Crippen LogP contribution in [0.5, 0.6) is 0 Å². The molecule has 2 amide bonds. The predicted molar refractivity (Wildman–Crippen MR) is 133 cm³/mol. The Hall–Kier alpha value is -2.73. The lowest BCUT2D eigenvalue weighted by Crippen LogP contribution is -2.38. The van der Waals surface area contributed by atoms with Crippen LogP contribution in [0.15, 0.2) is 28.4 Å². The molecule has 0 spiro atoms. The van der Waals surface area contributed by atoms with E-state index in [1.165, 1.54) is 11.3 Å². The summed E-state index contributed by atoms with van der Waals surface area (Å²) in [5, 5.41) is 14.8. The fourth-order valence-electron chi connectivity index (χ4n) is 4.24. The van der Waals surface area contributed by atoms with Gasteiger partial charge >= 0.3 is 12.2 Å². The van der Waals surface area contributed by atoms with Gasteiger partial charge in [0, 0.05) is 35.8 Å². The Morgan fingerprint density at radius 3 is 2.51 bits per heavy atom. The summed E-state index contributed by atoms with van der Waals surface area (Å²) in [5.74, 6) is 0.257. The second-order valence-electron chi connectivity index (χ2n) is 9.34. The fourth-order valence-corrected chi connectivity index (χ4v) is 6.72. The number of hydrogen-bond donors (Lipinski definition) is 3. The van der Waals surface area contributed by atoms with Gasteiger partial charge in [-0.3, -0.25) is 5.32 Å². The lowest BCUT2D eigenvalue weighted by Gasteiger charge is -2.28. The predicted octanol–water partition coefficient (Wildman–Crippen LogP) is 4.18. The van der Waals surface area contributed by atoms with Crippen molar-refractivity contribution in [2.45, 2.75) is 82.1 Å². The molecular weight excluding hydrogens is 492 g/mol. The van der Waals surface area contributed by atoms with Crippen molar-refractivity contribution in [3.05, 3.63) is 33.9 Å². The highest BCUT2D eigenvalue weighted by atomic mass is 32.2. The van der Waals surface area contributed by atoms with E-state index in [0.29, 0.717) is 29.8 Å². The molecule has 0 unspecified atom stereocenters. The van der Waals surface area contributed by atoms with Gasteiger partial charge in [0.25, 0.3) is 10.0 Å². The third-order valence-corrected chi connectivity index (χ3v) is 9.08. The van der Waals surface area contributed by atoms with Crippen LogP contribution in [0.1, 0.15) is 74.6 Å². The van der Waals surface area contributed by atoms with E-state index >= 15 is 0 Å². The summed E-state index contributed by atoms with van der Waals surface area (Å²) in [6, 6.07) is 0.0784. The molecule has 1 aromatic rings. The van der Waals surface area contributed by atoms with E-state index < -0.39 is 21.4 Å². The van der Waals surface area contributed by atoms with Crippen LogP contribution in [0.3, 0.4) is 0 Å². The molecule has 35 heavy (non-hydrogen) atoms. The molecule has 0 saturated heterocycles. The van der Waals surface area contributed by atoms with Gasteiger partial charge in [0.05, 0.1) is 27.0 Å². The van der Waals surface area contributed by atoms with Gasteiger partial charge in [0.15, 0.2) is 0 Å². The Balaban J connectivity index is 1.47. The van der Waals surface area contributed by atoms with Crippen LogP contribution >= 0.6 is 11.3 Å². The zero-order valence-electron chi connectivity index (χ0n) is 19.7. The molecule has 0 atom stereocenters. The minimum Gasteiger partial charge on any atom is -0.465 e. The summed E-state index contributed by atoms with van der Waals surface area (Å²) in [5.41, 5.74) is 1.35. The number of rotatable bonds is 7. The maximum atomic E-state index is 12.6. The number of carbonyl (C=O) groups is 2. The van der Waals surface area contributed by atoms with Gasteiger partial charge in [-0.2, -0.15) is 4.40 Å². The number of ether oxygens (including phenoxy) is 1. The van der Waals surface area contributed by atoms with Gasteiger partial charge in [0.1, 0.15) is 0 Å². The van der Waals surface area contributed by atoms with Crippen LogP contribution in [0, 0.1) is 0 Å². The Kier molecular flexibility index (Phi) is 7.60. The number of allylic oxidation sites excluding steroid dienone is 4. The molecule has 0 bridgehead atoms. The van der Waals surface area contributed by atoms with Crippen LogP contribution in [0.2, 0.25) is 0 Å². The molecule has 4 rings (SSSR count). The first-order valence-electron chi connectivity index (χ1n) is 11.8. The van der Waals surface area contributed by atoms with Crippen molar-refractivity contribution in [3.8, 4) is 0 Å². The van der Waals surface area contributed by atoms with Gasteiger partial charge in [0.2, 0.25) is 0 Å². The van der Waals surface area contributed by atoms with Crippen molar-refractivity contribution < 1.29 is 27.9 Å². The highest BCUT2D eigenvalue weighted by Gasteiger charge is 2.36. The number of aromatic nitrogens is 1. The number of amides is 2. The number of nitrogens with zero attached hydrogens (tertiary/aromatic N) is 2. The fraction of sp³-hybridized carbons (Fsp3) is 0.565. The van der Waals surface area contributed by atoms with E-state index in [2.05, 4.69) is 20.0 Å². The van der Waals surface area contributed by atoms with Crippen molar-refractivity contribution in [1.29, 1.82) is 0 Å². The quantitative estimate of drug-likeness (QED) is 0.487. The summed E-state index contributed by atoms with van der Waals surface area (Å²) in [7, 11) is -3.63. The maximum Gasteiger partial charge on any atom is 0.408 e. The zero-order chi connectivity index (χ0) is 25.2. The van der Waals surface area contributed by atoms with Gasteiger partial charge in [-0.05, 0) is 64.5 Å². The molecule has 1 aromatic heterocycles.